The SMILES string of the molecule is O=C(Nc1ccc(F)cc1C(=O)O)c1cnc(Cl)cn1. The molecule has 102 valence electrons. The molecule has 2 N–H and O–H groups in total. The summed E-state index contributed by atoms with van der Waals surface area (Å²) in [4.78, 5) is 30.2. The number of carboxylic acids is 1. The molecular formula is C12H7ClFN3O3. The summed E-state index contributed by atoms with van der Waals surface area (Å²) in [6, 6.07) is 3.00. The molecule has 0 spiro atoms. The van der Waals surface area contributed by atoms with Gasteiger partial charge in [0.25, 0.3) is 5.91 Å². The predicted octanol–water partition coefficient (Wildman–Crippen LogP) is 2.22. The zero-order valence-electron chi connectivity index (χ0n) is 9.80. The number of carbonyl (C=O) groups excluding carboxylic acids is 1. The number of benzene rings is 1. The average Bonchev–Trinajstić information content (AvgIpc) is 2.41. The van der Waals surface area contributed by atoms with E-state index in [0.29, 0.717) is 0 Å². The third kappa shape index (κ3) is 3.07. The van der Waals surface area contributed by atoms with Gasteiger partial charge in [0.1, 0.15) is 16.7 Å². The van der Waals surface area contributed by atoms with Crippen molar-refractivity contribution in [2.45, 2.75) is 0 Å². The van der Waals surface area contributed by atoms with Crippen LogP contribution in [0.2, 0.25) is 5.15 Å². The van der Waals surface area contributed by atoms with Gasteiger partial charge in [-0.3, -0.25) is 4.79 Å². The maximum Gasteiger partial charge on any atom is 0.337 e. The van der Waals surface area contributed by atoms with Crippen LogP contribution >= 0.6 is 11.6 Å². The van der Waals surface area contributed by atoms with Crippen molar-refractivity contribution in [3.05, 3.63) is 52.8 Å². The van der Waals surface area contributed by atoms with Gasteiger partial charge in [-0.1, -0.05) is 11.6 Å². The minimum atomic E-state index is -1.36. The Morgan fingerprint density at radius 3 is 2.60 bits per heavy atom. The van der Waals surface area contributed by atoms with Crippen LogP contribution in [-0.2, 0) is 0 Å². The largest absolute Gasteiger partial charge is 0.478 e. The summed E-state index contributed by atoms with van der Waals surface area (Å²) < 4.78 is 13.0. The number of halogens is 2. The lowest BCUT2D eigenvalue weighted by Crippen LogP contribution is -2.16. The van der Waals surface area contributed by atoms with Crippen LogP contribution in [0.3, 0.4) is 0 Å². The van der Waals surface area contributed by atoms with E-state index in [0.717, 1.165) is 24.4 Å². The van der Waals surface area contributed by atoms with Crippen LogP contribution in [0, 0.1) is 5.82 Å². The van der Waals surface area contributed by atoms with E-state index >= 15 is 0 Å². The lowest BCUT2D eigenvalue weighted by Gasteiger charge is -2.08. The van der Waals surface area contributed by atoms with Gasteiger partial charge < -0.3 is 10.4 Å². The molecule has 0 aliphatic heterocycles. The van der Waals surface area contributed by atoms with Gasteiger partial charge >= 0.3 is 5.97 Å². The third-order valence-electron chi connectivity index (χ3n) is 2.31. The normalized spacial score (nSPS) is 10.1. The van der Waals surface area contributed by atoms with Crippen LogP contribution in [0.1, 0.15) is 20.8 Å². The van der Waals surface area contributed by atoms with Crippen molar-refractivity contribution in [2.24, 2.45) is 0 Å². The molecule has 0 saturated heterocycles. The summed E-state index contributed by atoms with van der Waals surface area (Å²) in [5.74, 6) is -2.75. The summed E-state index contributed by atoms with van der Waals surface area (Å²) in [6.07, 6.45) is 2.32. The Morgan fingerprint density at radius 2 is 2.00 bits per heavy atom. The second-order valence-corrected chi connectivity index (χ2v) is 4.06. The Labute approximate surface area is 117 Å². The summed E-state index contributed by atoms with van der Waals surface area (Å²) in [7, 11) is 0. The fourth-order valence-corrected chi connectivity index (χ4v) is 1.52. The standard InChI is InChI=1S/C12H7ClFN3O3/c13-10-5-15-9(4-16-10)11(18)17-8-2-1-6(14)3-7(8)12(19)20/h1-5H,(H,17,18)(H,19,20). The molecule has 2 rings (SSSR count). The van der Waals surface area contributed by atoms with Crippen LogP contribution in [-0.4, -0.2) is 27.0 Å². The first kappa shape index (κ1) is 13.9. The van der Waals surface area contributed by atoms with Crippen LogP contribution < -0.4 is 5.32 Å². The van der Waals surface area contributed by atoms with E-state index in [1.807, 2.05) is 0 Å². The van der Waals surface area contributed by atoms with E-state index in [-0.39, 0.29) is 22.1 Å². The third-order valence-corrected chi connectivity index (χ3v) is 2.51. The van der Waals surface area contributed by atoms with E-state index in [1.165, 1.54) is 6.20 Å². The molecule has 0 fully saturated rings. The molecule has 0 aliphatic rings. The lowest BCUT2D eigenvalue weighted by atomic mass is 10.1. The number of hydrogen-bond acceptors (Lipinski definition) is 4. The topological polar surface area (TPSA) is 92.2 Å². The highest BCUT2D eigenvalue weighted by molar-refractivity contribution is 6.29. The minimum absolute atomic E-state index is 0.0411. The molecule has 8 heteroatoms. The number of anilines is 1. The number of aromatic nitrogens is 2. The monoisotopic (exact) mass is 295 g/mol. The molecule has 6 nitrogen and oxygen atoms in total. The minimum Gasteiger partial charge on any atom is -0.478 e. The van der Waals surface area contributed by atoms with E-state index in [2.05, 4.69) is 15.3 Å². The fraction of sp³-hybridized carbons (Fsp3) is 0. The molecule has 20 heavy (non-hydrogen) atoms. The molecule has 1 aromatic heterocycles. The first-order valence-corrected chi connectivity index (χ1v) is 5.67. The van der Waals surface area contributed by atoms with Gasteiger partial charge in [-0.15, -0.1) is 0 Å². The maximum atomic E-state index is 13.0. The molecule has 1 amide bonds. The van der Waals surface area contributed by atoms with Crippen molar-refractivity contribution in [3.63, 3.8) is 0 Å². The summed E-state index contributed by atoms with van der Waals surface area (Å²) in [6.45, 7) is 0. The Kier molecular flexibility index (Phi) is 3.90. The number of nitrogens with zero attached hydrogens (tertiary/aromatic N) is 2. The second-order valence-electron chi connectivity index (χ2n) is 3.67. The van der Waals surface area contributed by atoms with Gasteiger partial charge in [0.2, 0.25) is 0 Å². The number of rotatable bonds is 3. The van der Waals surface area contributed by atoms with Gasteiger partial charge in [0.15, 0.2) is 0 Å². The quantitative estimate of drug-likeness (QED) is 0.906. The zero-order valence-corrected chi connectivity index (χ0v) is 10.6. The maximum absolute atomic E-state index is 13.0. The molecule has 2 aromatic rings. The number of carboxylic acid groups (broad SMARTS) is 1. The molecule has 0 aliphatic carbocycles. The van der Waals surface area contributed by atoms with Crippen LogP contribution in [0.25, 0.3) is 0 Å². The average molecular weight is 296 g/mol. The molecule has 1 aromatic carbocycles. The summed E-state index contributed by atoms with van der Waals surface area (Å²) in [5.41, 5.74) is -0.448. The molecule has 0 bridgehead atoms. The lowest BCUT2D eigenvalue weighted by molar-refractivity contribution is 0.0697. The Hall–Kier alpha value is -2.54. The fourth-order valence-electron chi connectivity index (χ4n) is 1.42. The van der Waals surface area contributed by atoms with Gasteiger partial charge in [-0.05, 0) is 18.2 Å². The number of carbonyl (C=O) groups is 2. The second kappa shape index (κ2) is 5.62. The smallest absolute Gasteiger partial charge is 0.337 e. The molecule has 0 unspecified atom stereocenters. The van der Waals surface area contributed by atoms with Crippen molar-refractivity contribution < 1.29 is 19.1 Å². The van der Waals surface area contributed by atoms with Crippen molar-refractivity contribution in [3.8, 4) is 0 Å². The molecule has 1 heterocycles. The van der Waals surface area contributed by atoms with Crippen molar-refractivity contribution in [1.29, 1.82) is 0 Å². The number of nitrogens with one attached hydrogen (secondary N) is 1. The van der Waals surface area contributed by atoms with E-state index in [9.17, 15) is 14.0 Å². The van der Waals surface area contributed by atoms with Crippen molar-refractivity contribution in [2.75, 3.05) is 5.32 Å². The van der Waals surface area contributed by atoms with Gasteiger partial charge in [0.05, 0.1) is 23.6 Å². The predicted molar refractivity (Wildman–Crippen MR) is 68.4 cm³/mol. The highest BCUT2D eigenvalue weighted by Gasteiger charge is 2.15. The van der Waals surface area contributed by atoms with Crippen molar-refractivity contribution in [1.82, 2.24) is 9.97 Å². The van der Waals surface area contributed by atoms with Gasteiger partial charge in [-0.25, -0.2) is 19.2 Å². The zero-order chi connectivity index (χ0) is 14.7. The molecule has 0 atom stereocenters. The number of hydrogen-bond donors (Lipinski definition) is 2. The van der Waals surface area contributed by atoms with E-state index in [4.69, 9.17) is 16.7 Å². The molecule has 0 radical (unpaired) electrons. The first-order chi connectivity index (χ1) is 9.47. The van der Waals surface area contributed by atoms with Crippen molar-refractivity contribution >= 4 is 29.2 Å². The van der Waals surface area contributed by atoms with E-state index in [1.54, 1.807) is 0 Å². The summed E-state index contributed by atoms with van der Waals surface area (Å²) in [5, 5.41) is 11.4. The summed E-state index contributed by atoms with van der Waals surface area (Å²) >= 11 is 5.54. The number of aromatic carboxylic acids is 1. The highest BCUT2D eigenvalue weighted by Crippen LogP contribution is 2.18. The van der Waals surface area contributed by atoms with Gasteiger partial charge in [-0.2, -0.15) is 0 Å². The molecular weight excluding hydrogens is 289 g/mol. The van der Waals surface area contributed by atoms with Crippen LogP contribution in [0.15, 0.2) is 30.6 Å². The Morgan fingerprint density at radius 1 is 1.25 bits per heavy atom. The van der Waals surface area contributed by atoms with Gasteiger partial charge in [0, 0.05) is 0 Å². The highest BCUT2D eigenvalue weighted by atomic mass is 35.5. The molecule has 0 saturated carbocycles. The Balaban J connectivity index is 2.28. The first-order valence-electron chi connectivity index (χ1n) is 5.29. The number of amides is 1. The van der Waals surface area contributed by atoms with E-state index < -0.39 is 17.7 Å². The van der Waals surface area contributed by atoms with Crippen LogP contribution in [0.4, 0.5) is 10.1 Å². The Bertz CT molecular complexity index is 676. The van der Waals surface area contributed by atoms with Crippen LogP contribution in [0.5, 0.6) is 0 Å².